The van der Waals surface area contributed by atoms with Crippen molar-refractivity contribution >= 4 is 50.7 Å². The minimum atomic E-state index is -4.19. The Hall–Kier alpha value is -3.27. The number of carbonyl (C=O) groups is 2. The van der Waals surface area contributed by atoms with Gasteiger partial charge in [-0.25, -0.2) is 8.42 Å². The number of hydrogen-bond donors (Lipinski definition) is 1. The number of rotatable bonds is 12. The molecule has 3 aromatic carbocycles. The van der Waals surface area contributed by atoms with Gasteiger partial charge in [-0.05, 0) is 75.2 Å². The van der Waals surface area contributed by atoms with E-state index in [4.69, 9.17) is 27.9 Å². The highest BCUT2D eigenvalue weighted by molar-refractivity contribution is 7.92. The van der Waals surface area contributed by atoms with Gasteiger partial charge in [-0.1, -0.05) is 60.3 Å². The molecule has 8 nitrogen and oxygen atoms in total. The van der Waals surface area contributed by atoms with E-state index < -0.39 is 28.5 Å². The largest absolute Gasteiger partial charge is 0.494 e. The summed E-state index contributed by atoms with van der Waals surface area (Å²) in [6, 6.07) is 18.5. The maximum absolute atomic E-state index is 14.1. The van der Waals surface area contributed by atoms with Gasteiger partial charge in [0.2, 0.25) is 11.8 Å². The van der Waals surface area contributed by atoms with Gasteiger partial charge in [-0.15, -0.1) is 0 Å². The van der Waals surface area contributed by atoms with Gasteiger partial charge >= 0.3 is 0 Å². The lowest BCUT2D eigenvalue weighted by molar-refractivity contribution is -0.139. The van der Waals surface area contributed by atoms with Crippen molar-refractivity contribution in [1.29, 1.82) is 0 Å². The Kier molecular flexibility index (Phi) is 10.8. The van der Waals surface area contributed by atoms with Crippen molar-refractivity contribution in [2.45, 2.75) is 63.1 Å². The first kappa shape index (κ1) is 31.7. The fourth-order valence-electron chi connectivity index (χ4n) is 4.95. The third-order valence-electron chi connectivity index (χ3n) is 7.30. The molecule has 3 aromatic rings. The number of sulfonamides is 1. The predicted molar refractivity (Wildman–Crippen MR) is 165 cm³/mol. The van der Waals surface area contributed by atoms with Crippen LogP contribution in [-0.2, 0) is 26.2 Å². The van der Waals surface area contributed by atoms with E-state index >= 15 is 0 Å². The lowest BCUT2D eigenvalue weighted by atomic mass is 10.1. The highest BCUT2D eigenvalue weighted by atomic mass is 35.5. The summed E-state index contributed by atoms with van der Waals surface area (Å²) in [5.41, 5.74) is 0.772. The van der Waals surface area contributed by atoms with Crippen molar-refractivity contribution in [3.05, 3.63) is 88.4 Å². The van der Waals surface area contributed by atoms with E-state index in [1.165, 1.54) is 17.0 Å². The van der Waals surface area contributed by atoms with Crippen LogP contribution in [0.4, 0.5) is 5.69 Å². The molecule has 1 fully saturated rings. The van der Waals surface area contributed by atoms with Crippen molar-refractivity contribution < 1.29 is 22.7 Å². The molecule has 42 heavy (non-hydrogen) atoms. The van der Waals surface area contributed by atoms with Gasteiger partial charge in [0.1, 0.15) is 18.3 Å². The summed E-state index contributed by atoms with van der Waals surface area (Å²) >= 11 is 12.9. The van der Waals surface area contributed by atoms with Gasteiger partial charge in [0.25, 0.3) is 10.0 Å². The van der Waals surface area contributed by atoms with Crippen molar-refractivity contribution in [1.82, 2.24) is 10.2 Å². The van der Waals surface area contributed by atoms with Crippen molar-refractivity contribution in [2.75, 3.05) is 17.5 Å². The maximum Gasteiger partial charge on any atom is 0.264 e. The molecular weight excluding hydrogens is 597 g/mol. The van der Waals surface area contributed by atoms with Crippen LogP contribution in [0.2, 0.25) is 10.0 Å². The van der Waals surface area contributed by atoms with E-state index in [1.807, 2.05) is 6.92 Å². The van der Waals surface area contributed by atoms with Crippen LogP contribution in [0, 0.1) is 0 Å². The van der Waals surface area contributed by atoms with E-state index in [-0.39, 0.29) is 23.4 Å². The number of amides is 2. The molecule has 0 bridgehead atoms. The van der Waals surface area contributed by atoms with Gasteiger partial charge in [-0.2, -0.15) is 0 Å². The molecule has 1 aliphatic carbocycles. The number of anilines is 1. The number of benzene rings is 3. The van der Waals surface area contributed by atoms with E-state index in [0.717, 1.165) is 30.0 Å². The molecule has 1 aliphatic rings. The summed E-state index contributed by atoms with van der Waals surface area (Å²) in [6.07, 6.45) is 3.83. The maximum atomic E-state index is 14.1. The molecule has 0 aromatic heterocycles. The van der Waals surface area contributed by atoms with Crippen molar-refractivity contribution in [3.63, 3.8) is 0 Å². The topological polar surface area (TPSA) is 96.0 Å². The first-order valence-corrected chi connectivity index (χ1v) is 16.1. The highest BCUT2D eigenvalue weighted by Crippen LogP contribution is 2.29. The summed E-state index contributed by atoms with van der Waals surface area (Å²) in [5, 5.41) is 3.72. The molecule has 1 N–H and O–H groups in total. The second kappa shape index (κ2) is 14.3. The lowest BCUT2D eigenvalue weighted by Gasteiger charge is -2.33. The molecule has 0 aliphatic heterocycles. The molecule has 0 spiro atoms. The normalized spacial score (nSPS) is 14.3. The third-order valence-corrected chi connectivity index (χ3v) is 9.80. The molecule has 0 radical (unpaired) electrons. The van der Waals surface area contributed by atoms with Gasteiger partial charge in [0.05, 0.1) is 17.2 Å². The zero-order chi connectivity index (χ0) is 30.3. The molecule has 1 saturated carbocycles. The summed E-state index contributed by atoms with van der Waals surface area (Å²) in [4.78, 5) is 28.8. The fourth-order valence-corrected chi connectivity index (χ4v) is 6.88. The van der Waals surface area contributed by atoms with Gasteiger partial charge in [-0.3, -0.25) is 13.9 Å². The van der Waals surface area contributed by atoms with Crippen LogP contribution < -0.4 is 14.4 Å². The number of ether oxygens (including phenoxy) is 1. The summed E-state index contributed by atoms with van der Waals surface area (Å²) in [7, 11) is -4.19. The first-order valence-electron chi connectivity index (χ1n) is 13.9. The summed E-state index contributed by atoms with van der Waals surface area (Å²) in [5.74, 6) is -0.374. The molecule has 0 saturated heterocycles. The van der Waals surface area contributed by atoms with Crippen molar-refractivity contribution in [3.8, 4) is 5.75 Å². The minimum absolute atomic E-state index is 0.00432. The second-order valence-electron chi connectivity index (χ2n) is 10.1. The standard InChI is InChI=1S/C31H35Cl2N3O5S/c1-3-41-25-16-18-26(19-17-25)42(39,40)36(24-12-5-4-6-13-24)21-30(37)35(20-27-28(32)14-9-15-29(27)33)22(2)31(38)34-23-10-7-8-11-23/h4-6,9,12-19,22-23H,3,7-8,10-11,20-21H2,1-2H3,(H,34,38)/t22-/m0/s1. The third kappa shape index (κ3) is 7.56. The Morgan fingerprint density at radius 1 is 0.952 bits per heavy atom. The van der Waals surface area contributed by atoms with E-state index in [0.29, 0.717) is 33.7 Å². The quantitative estimate of drug-likeness (QED) is 0.262. The van der Waals surface area contributed by atoms with Crippen LogP contribution in [-0.4, -0.2) is 50.4 Å². The van der Waals surface area contributed by atoms with E-state index in [9.17, 15) is 18.0 Å². The number of nitrogens with one attached hydrogen (secondary N) is 1. The molecule has 1 atom stereocenters. The Bertz CT molecular complexity index is 1460. The van der Waals surface area contributed by atoms with Crippen LogP contribution in [0.1, 0.15) is 45.1 Å². The molecular formula is C31H35Cl2N3O5S. The minimum Gasteiger partial charge on any atom is -0.494 e. The average Bonchev–Trinajstić information content (AvgIpc) is 3.49. The predicted octanol–water partition coefficient (Wildman–Crippen LogP) is 6.06. The smallest absolute Gasteiger partial charge is 0.264 e. The fraction of sp³-hybridized carbons (Fsp3) is 0.355. The summed E-state index contributed by atoms with van der Waals surface area (Å²) < 4.78 is 34.4. The average molecular weight is 633 g/mol. The molecule has 2 amide bonds. The van der Waals surface area contributed by atoms with E-state index in [1.54, 1.807) is 67.6 Å². The number of hydrogen-bond acceptors (Lipinski definition) is 5. The monoisotopic (exact) mass is 631 g/mol. The molecule has 0 heterocycles. The number of nitrogens with zero attached hydrogens (tertiary/aromatic N) is 2. The SMILES string of the molecule is CCOc1ccc(S(=O)(=O)N(CC(=O)N(Cc2c(Cl)cccc2Cl)[C@@H](C)C(=O)NC2CCCC2)c2ccccc2)cc1. The Morgan fingerprint density at radius 3 is 2.17 bits per heavy atom. The van der Waals surface area contributed by atoms with Gasteiger partial charge in [0.15, 0.2) is 0 Å². The number of halogens is 2. The van der Waals surface area contributed by atoms with Gasteiger partial charge < -0.3 is 15.0 Å². The van der Waals surface area contributed by atoms with Gasteiger partial charge in [0, 0.05) is 28.2 Å². The number of para-hydroxylation sites is 1. The van der Waals surface area contributed by atoms with Crippen LogP contribution >= 0.6 is 23.2 Å². The molecule has 224 valence electrons. The zero-order valence-electron chi connectivity index (χ0n) is 23.6. The lowest BCUT2D eigenvalue weighted by Crippen LogP contribution is -2.52. The Balaban J connectivity index is 1.69. The van der Waals surface area contributed by atoms with Crippen molar-refractivity contribution in [2.24, 2.45) is 0 Å². The van der Waals surface area contributed by atoms with E-state index in [2.05, 4.69) is 5.32 Å². The van der Waals surface area contributed by atoms with Crippen LogP contribution in [0.5, 0.6) is 5.75 Å². The first-order chi connectivity index (χ1) is 20.1. The van der Waals surface area contributed by atoms with Crippen LogP contribution in [0.15, 0.2) is 77.7 Å². The Labute approximate surface area is 257 Å². The Morgan fingerprint density at radius 2 is 1.57 bits per heavy atom. The second-order valence-corrected chi connectivity index (χ2v) is 12.8. The van der Waals surface area contributed by atoms with Crippen LogP contribution in [0.25, 0.3) is 0 Å². The molecule has 4 rings (SSSR count). The van der Waals surface area contributed by atoms with Crippen LogP contribution in [0.3, 0.4) is 0 Å². The molecule has 0 unspecified atom stereocenters. The summed E-state index contributed by atoms with van der Waals surface area (Å²) in [6.45, 7) is 3.27. The molecule has 11 heteroatoms. The highest BCUT2D eigenvalue weighted by Gasteiger charge is 2.34. The number of carbonyl (C=O) groups excluding carboxylic acids is 2. The zero-order valence-corrected chi connectivity index (χ0v) is 26.0.